The van der Waals surface area contributed by atoms with Gasteiger partial charge in [-0.15, -0.1) is 13.2 Å². The molecular weight excluding hydrogens is 431 g/mol. The van der Waals surface area contributed by atoms with Gasteiger partial charge in [-0.1, -0.05) is 18.1 Å². The van der Waals surface area contributed by atoms with Crippen LogP contribution in [0, 0.1) is 11.8 Å². The molecular formula is C25H32F3N3O2. The Morgan fingerprint density at radius 1 is 1.12 bits per heavy atom. The molecule has 0 aromatic heterocycles. The molecule has 0 spiro atoms. The van der Waals surface area contributed by atoms with Crippen molar-refractivity contribution in [2.75, 3.05) is 32.7 Å². The van der Waals surface area contributed by atoms with Crippen LogP contribution < -0.4 is 10.1 Å². The highest BCUT2D eigenvalue weighted by Gasteiger charge is 2.45. The van der Waals surface area contributed by atoms with Crippen molar-refractivity contribution in [1.82, 2.24) is 15.1 Å². The summed E-state index contributed by atoms with van der Waals surface area (Å²) in [6.07, 6.45) is 5.51. The molecule has 1 N–H and O–H groups in total. The molecule has 3 saturated heterocycles. The highest BCUT2D eigenvalue weighted by atomic mass is 19.4. The first-order chi connectivity index (χ1) is 15.9. The lowest BCUT2D eigenvalue weighted by atomic mass is 9.68. The van der Waals surface area contributed by atoms with E-state index in [1.54, 1.807) is 5.57 Å². The number of fused-ring (bicyclic) bond motifs is 6. The standard InChI is InChI=1S/C25H32F3N3O2/c26-25(27,28)33-21-8-6-17(7-9-21)24(32)29-10-13-30-12-3-4-18-14-19-15-20(23(18)30)16-31-11-2-1-5-22(19)31/h6-9,14,19-20,22-23H,1-5,10-13,15-16H2,(H,29,32)/t19-,20+,22+,23+/m0/s1. The van der Waals surface area contributed by atoms with E-state index >= 15 is 0 Å². The van der Waals surface area contributed by atoms with Crippen molar-refractivity contribution in [2.24, 2.45) is 11.8 Å². The van der Waals surface area contributed by atoms with Gasteiger partial charge in [0.05, 0.1) is 0 Å². The minimum atomic E-state index is -4.74. The zero-order valence-corrected chi connectivity index (χ0v) is 18.8. The number of ether oxygens (including phenoxy) is 1. The van der Waals surface area contributed by atoms with E-state index in [0.29, 0.717) is 30.0 Å². The van der Waals surface area contributed by atoms with E-state index in [1.807, 2.05) is 0 Å². The first-order valence-corrected chi connectivity index (χ1v) is 12.2. The third-order valence-electron chi connectivity index (χ3n) is 7.80. The zero-order chi connectivity index (χ0) is 23.0. The van der Waals surface area contributed by atoms with E-state index in [0.717, 1.165) is 25.6 Å². The summed E-state index contributed by atoms with van der Waals surface area (Å²) in [6, 6.07) is 6.27. The van der Waals surface area contributed by atoms with Gasteiger partial charge in [0.2, 0.25) is 0 Å². The largest absolute Gasteiger partial charge is 0.573 e. The van der Waals surface area contributed by atoms with Crippen LogP contribution in [0.3, 0.4) is 0 Å². The lowest BCUT2D eigenvalue weighted by molar-refractivity contribution is -0.274. The topological polar surface area (TPSA) is 44.8 Å². The third kappa shape index (κ3) is 5.06. The van der Waals surface area contributed by atoms with Crippen LogP contribution in [-0.2, 0) is 0 Å². The molecule has 2 bridgehead atoms. The summed E-state index contributed by atoms with van der Waals surface area (Å²) in [4.78, 5) is 17.8. The average molecular weight is 464 g/mol. The van der Waals surface area contributed by atoms with Crippen LogP contribution in [0.1, 0.15) is 48.9 Å². The highest BCUT2D eigenvalue weighted by molar-refractivity contribution is 5.94. The number of likely N-dealkylation sites (tertiary alicyclic amines) is 1. The molecule has 3 fully saturated rings. The summed E-state index contributed by atoms with van der Waals surface area (Å²) < 4.78 is 40.8. The van der Waals surface area contributed by atoms with Gasteiger partial charge in [0, 0.05) is 37.3 Å². The second-order valence-electron chi connectivity index (χ2n) is 9.87. The number of carbonyl (C=O) groups is 1. The molecule has 8 heteroatoms. The van der Waals surface area contributed by atoms with Gasteiger partial charge in [-0.25, -0.2) is 0 Å². The number of halogens is 3. The van der Waals surface area contributed by atoms with Crippen LogP contribution in [0.2, 0.25) is 0 Å². The molecule has 4 atom stereocenters. The monoisotopic (exact) mass is 463 g/mol. The fraction of sp³-hybridized carbons (Fsp3) is 0.640. The predicted octanol–water partition coefficient (Wildman–Crippen LogP) is 4.21. The molecule has 0 unspecified atom stereocenters. The van der Waals surface area contributed by atoms with Crippen LogP contribution in [0.25, 0.3) is 0 Å². The maximum absolute atomic E-state index is 12.5. The van der Waals surface area contributed by atoms with Gasteiger partial charge in [-0.05, 0) is 81.3 Å². The first-order valence-electron chi connectivity index (χ1n) is 12.2. The lowest BCUT2D eigenvalue weighted by Gasteiger charge is -2.54. The van der Waals surface area contributed by atoms with Gasteiger partial charge in [-0.2, -0.15) is 0 Å². The van der Waals surface area contributed by atoms with Gasteiger partial charge in [-0.3, -0.25) is 14.6 Å². The van der Waals surface area contributed by atoms with Crippen LogP contribution >= 0.6 is 0 Å². The molecule has 180 valence electrons. The van der Waals surface area contributed by atoms with Crippen molar-refractivity contribution in [1.29, 1.82) is 0 Å². The molecule has 1 aliphatic carbocycles. The summed E-state index contributed by atoms with van der Waals surface area (Å²) >= 11 is 0. The van der Waals surface area contributed by atoms with Gasteiger partial charge < -0.3 is 10.1 Å². The molecule has 5 rings (SSSR count). The van der Waals surface area contributed by atoms with Crippen molar-refractivity contribution < 1.29 is 22.7 Å². The Balaban J connectivity index is 1.17. The molecule has 1 aromatic carbocycles. The molecule has 1 aromatic rings. The third-order valence-corrected chi connectivity index (χ3v) is 7.80. The number of benzene rings is 1. The Labute approximate surface area is 192 Å². The second-order valence-corrected chi connectivity index (χ2v) is 9.87. The van der Waals surface area contributed by atoms with Crippen LogP contribution in [0.5, 0.6) is 5.75 Å². The fourth-order valence-electron chi connectivity index (χ4n) is 6.56. The Kier molecular flexibility index (Phi) is 6.40. The summed E-state index contributed by atoms with van der Waals surface area (Å²) in [6.45, 7) is 4.78. The second kappa shape index (κ2) is 9.29. The highest BCUT2D eigenvalue weighted by Crippen LogP contribution is 2.44. The summed E-state index contributed by atoms with van der Waals surface area (Å²) in [7, 11) is 0. The number of rotatable bonds is 5. The number of hydrogen-bond acceptors (Lipinski definition) is 4. The van der Waals surface area contributed by atoms with E-state index < -0.39 is 6.36 Å². The number of alkyl halides is 3. The Bertz CT molecular complexity index is 886. The predicted molar refractivity (Wildman–Crippen MR) is 119 cm³/mol. The lowest BCUT2D eigenvalue weighted by Crippen LogP contribution is -2.59. The number of nitrogens with zero attached hydrogens (tertiary/aromatic N) is 2. The molecule has 3 aliphatic heterocycles. The Morgan fingerprint density at radius 2 is 1.94 bits per heavy atom. The molecule has 5 nitrogen and oxygen atoms in total. The number of carbonyl (C=O) groups excluding carboxylic acids is 1. The van der Waals surface area contributed by atoms with Crippen LogP contribution in [0.4, 0.5) is 13.2 Å². The minimum Gasteiger partial charge on any atom is -0.406 e. The normalized spacial score (nSPS) is 30.1. The summed E-state index contributed by atoms with van der Waals surface area (Å²) in [5.41, 5.74) is 1.94. The molecule has 33 heavy (non-hydrogen) atoms. The molecule has 0 radical (unpaired) electrons. The Morgan fingerprint density at radius 3 is 2.73 bits per heavy atom. The van der Waals surface area contributed by atoms with Gasteiger partial charge in [0.1, 0.15) is 5.75 Å². The van der Waals surface area contributed by atoms with Crippen molar-refractivity contribution in [2.45, 2.75) is 57.0 Å². The number of piperidine rings is 3. The van der Waals surface area contributed by atoms with E-state index in [1.165, 1.54) is 69.5 Å². The van der Waals surface area contributed by atoms with Crippen molar-refractivity contribution in [3.63, 3.8) is 0 Å². The summed E-state index contributed by atoms with van der Waals surface area (Å²) in [5.74, 6) is 0.769. The van der Waals surface area contributed by atoms with E-state index in [2.05, 4.69) is 25.9 Å². The average Bonchev–Trinajstić information content (AvgIpc) is 2.78. The van der Waals surface area contributed by atoms with Gasteiger partial charge in [0.25, 0.3) is 5.91 Å². The van der Waals surface area contributed by atoms with Crippen LogP contribution in [0.15, 0.2) is 35.9 Å². The number of hydrogen-bond donors (Lipinski definition) is 1. The van der Waals surface area contributed by atoms with Crippen molar-refractivity contribution in [3.05, 3.63) is 41.5 Å². The first kappa shape index (κ1) is 22.7. The quantitative estimate of drug-likeness (QED) is 0.665. The minimum absolute atomic E-state index is 0.279. The smallest absolute Gasteiger partial charge is 0.406 e. The number of amides is 1. The maximum Gasteiger partial charge on any atom is 0.573 e. The van der Waals surface area contributed by atoms with E-state index in [4.69, 9.17) is 0 Å². The molecule has 3 heterocycles. The number of nitrogens with one attached hydrogen (secondary N) is 1. The Hall–Kier alpha value is -2.06. The van der Waals surface area contributed by atoms with Gasteiger partial charge >= 0.3 is 6.36 Å². The molecule has 1 amide bonds. The van der Waals surface area contributed by atoms with Crippen molar-refractivity contribution >= 4 is 5.91 Å². The van der Waals surface area contributed by atoms with E-state index in [9.17, 15) is 18.0 Å². The zero-order valence-electron chi connectivity index (χ0n) is 18.8. The summed E-state index contributed by atoms with van der Waals surface area (Å²) in [5, 5.41) is 2.94. The van der Waals surface area contributed by atoms with Crippen LogP contribution in [-0.4, -0.2) is 66.9 Å². The maximum atomic E-state index is 12.5. The van der Waals surface area contributed by atoms with Crippen molar-refractivity contribution in [3.8, 4) is 5.75 Å². The molecule has 0 saturated carbocycles. The fourth-order valence-corrected chi connectivity index (χ4v) is 6.56. The molecule has 4 aliphatic rings. The van der Waals surface area contributed by atoms with E-state index in [-0.39, 0.29) is 11.7 Å². The SMILES string of the molecule is O=C(NCCN1CCCC2=C[C@H]3C[C@H](CN4CCCC[C@H]34)[C@@H]21)c1ccc(OC(F)(F)F)cc1. The van der Waals surface area contributed by atoms with Gasteiger partial charge in [0.15, 0.2) is 0 Å².